The molecule has 9 heteroatoms. The first-order chi connectivity index (χ1) is 19.8. The van der Waals surface area contributed by atoms with E-state index in [0.717, 1.165) is 38.8 Å². The number of hydrogen-bond acceptors (Lipinski definition) is 5. The zero-order valence-corrected chi connectivity index (χ0v) is 24.9. The van der Waals surface area contributed by atoms with Gasteiger partial charge in [0.2, 0.25) is 17.7 Å². The van der Waals surface area contributed by atoms with Crippen molar-refractivity contribution in [2.24, 2.45) is 23.7 Å². The maximum absolute atomic E-state index is 14.3. The lowest BCUT2D eigenvalue weighted by Crippen LogP contribution is -2.58. The Bertz CT molecular complexity index is 1200. The highest BCUT2D eigenvalue weighted by Gasteiger charge is 2.72. The lowest BCUT2D eigenvalue weighted by Gasteiger charge is -2.38. The van der Waals surface area contributed by atoms with Gasteiger partial charge in [-0.3, -0.25) is 14.4 Å². The van der Waals surface area contributed by atoms with Gasteiger partial charge in [0, 0.05) is 29.8 Å². The monoisotopic (exact) mass is 582 g/mol. The molecule has 4 aliphatic heterocycles. The van der Waals surface area contributed by atoms with Crippen molar-refractivity contribution in [3.8, 4) is 0 Å². The second-order valence-electron chi connectivity index (χ2n) is 12.9. The molecule has 41 heavy (non-hydrogen) atoms. The first kappa shape index (κ1) is 28.7. The molecule has 1 aromatic rings. The fourth-order valence-electron chi connectivity index (χ4n) is 7.96. The lowest BCUT2D eigenvalue weighted by molar-refractivity contribution is -0.141. The Morgan fingerprint density at radius 1 is 1.05 bits per heavy atom. The predicted molar refractivity (Wildman–Crippen MR) is 158 cm³/mol. The minimum absolute atomic E-state index is 0.0637. The Kier molecular flexibility index (Phi) is 8.18. The maximum Gasteiger partial charge on any atom is 0.246 e. The average Bonchev–Trinajstić information content (AvgIpc) is 3.49. The van der Waals surface area contributed by atoms with E-state index >= 15 is 0 Å². The van der Waals surface area contributed by atoms with Crippen LogP contribution in [-0.4, -0.2) is 77.5 Å². The molecule has 1 aromatic carbocycles. The van der Waals surface area contributed by atoms with Gasteiger partial charge in [-0.2, -0.15) is 0 Å². The van der Waals surface area contributed by atoms with Gasteiger partial charge in [-0.05, 0) is 62.4 Å². The predicted octanol–water partition coefficient (Wildman–Crippen LogP) is 4.25. The van der Waals surface area contributed by atoms with E-state index in [1.807, 2.05) is 12.2 Å². The summed E-state index contributed by atoms with van der Waals surface area (Å²) in [6, 6.07) is 6.24. The number of rotatable bonds is 7. The Hall–Kier alpha value is -2.42. The van der Waals surface area contributed by atoms with Crippen LogP contribution in [0.15, 0.2) is 36.4 Å². The smallest absolute Gasteiger partial charge is 0.246 e. The topological polar surface area (TPSA) is 91.0 Å². The Balaban J connectivity index is 1.27. The van der Waals surface area contributed by atoms with Crippen molar-refractivity contribution in [3.05, 3.63) is 41.4 Å². The van der Waals surface area contributed by atoms with Gasteiger partial charge >= 0.3 is 0 Å². The molecule has 4 heterocycles. The fourth-order valence-corrected chi connectivity index (χ4v) is 8.15. The quantitative estimate of drug-likeness (QED) is 0.469. The molecule has 3 amide bonds. The third-order valence-electron chi connectivity index (χ3n) is 10.4. The number of fused-ring (bicyclic) bond motifs is 1. The summed E-state index contributed by atoms with van der Waals surface area (Å²) in [6.45, 7) is 7.62. The molecule has 8 atom stereocenters. The standard InChI is InChI=1S/C32H43ClN4O4/c1-20-9-7-12-24(21(20)2)35-30(39)28-32-14-13-25(41-32)26(29(38)34-23-11-8-10-22(33)19-23)27(32)31(40)37(28)18-17-36-15-5-3-4-6-16-36/h8,10-11,13-14,19-21,24-28H,3-7,9,12,15-18H2,1-2H3,(H,34,38)(H,35,39). The highest BCUT2D eigenvalue weighted by molar-refractivity contribution is 6.30. The zero-order chi connectivity index (χ0) is 28.7. The lowest BCUT2D eigenvalue weighted by atomic mass is 9.73. The van der Waals surface area contributed by atoms with Crippen LogP contribution in [0.2, 0.25) is 5.02 Å². The summed E-state index contributed by atoms with van der Waals surface area (Å²) < 4.78 is 6.53. The van der Waals surface area contributed by atoms with Gasteiger partial charge in [-0.15, -0.1) is 0 Å². The number of carbonyl (C=O) groups is 3. The molecule has 1 saturated carbocycles. The van der Waals surface area contributed by atoms with Crippen molar-refractivity contribution < 1.29 is 19.1 Å². The number of amides is 3. The van der Waals surface area contributed by atoms with Crippen LogP contribution in [-0.2, 0) is 19.1 Å². The second kappa shape index (κ2) is 11.7. The normalized spacial score (nSPS) is 36.7. The SMILES string of the molecule is CC1CCCC(NC(=O)C2N(CCN3CCCCCC3)C(=O)C3C(C(=O)Nc4cccc(Cl)c4)C4C=CC32O4)C1C. The number of likely N-dealkylation sites (tertiary alicyclic amines) is 2. The summed E-state index contributed by atoms with van der Waals surface area (Å²) in [5.74, 6) is -1.20. The zero-order valence-electron chi connectivity index (χ0n) is 24.2. The summed E-state index contributed by atoms with van der Waals surface area (Å²) in [5.41, 5.74) is -0.578. The molecular formula is C32H43ClN4O4. The number of benzene rings is 1. The number of carbonyl (C=O) groups excluding carboxylic acids is 3. The summed E-state index contributed by atoms with van der Waals surface area (Å²) in [7, 11) is 0. The van der Waals surface area contributed by atoms with E-state index in [0.29, 0.717) is 35.6 Å². The molecule has 8 unspecified atom stereocenters. The van der Waals surface area contributed by atoms with Crippen LogP contribution in [0.5, 0.6) is 0 Å². The molecule has 2 bridgehead atoms. The molecule has 3 saturated heterocycles. The van der Waals surface area contributed by atoms with Crippen molar-refractivity contribution >= 4 is 35.0 Å². The van der Waals surface area contributed by atoms with Gasteiger partial charge in [0.15, 0.2) is 0 Å². The number of ether oxygens (including phenoxy) is 1. The molecule has 1 spiro atoms. The summed E-state index contributed by atoms with van der Waals surface area (Å²) >= 11 is 6.15. The molecule has 0 aromatic heterocycles. The first-order valence-corrected chi connectivity index (χ1v) is 15.9. The van der Waals surface area contributed by atoms with E-state index in [4.69, 9.17) is 16.3 Å². The minimum Gasteiger partial charge on any atom is -0.359 e. The highest BCUT2D eigenvalue weighted by atomic mass is 35.5. The van der Waals surface area contributed by atoms with Crippen molar-refractivity contribution in [1.82, 2.24) is 15.1 Å². The van der Waals surface area contributed by atoms with Crippen LogP contribution in [0, 0.1) is 23.7 Å². The maximum atomic E-state index is 14.3. The molecule has 222 valence electrons. The average molecular weight is 583 g/mol. The van der Waals surface area contributed by atoms with Gasteiger partial charge in [-0.1, -0.05) is 69.4 Å². The van der Waals surface area contributed by atoms with Gasteiger partial charge in [0.1, 0.15) is 11.6 Å². The fraction of sp³-hybridized carbons (Fsp3) is 0.656. The summed E-state index contributed by atoms with van der Waals surface area (Å²) in [5, 5.41) is 6.81. The van der Waals surface area contributed by atoms with E-state index < -0.39 is 29.6 Å². The van der Waals surface area contributed by atoms with Crippen molar-refractivity contribution in [3.63, 3.8) is 0 Å². The molecule has 8 nitrogen and oxygen atoms in total. The molecule has 5 aliphatic rings. The van der Waals surface area contributed by atoms with E-state index in [1.165, 1.54) is 19.3 Å². The Morgan fingerprint density at radius 2 is 1.83 bits per heavy atom. The number of nitrogens with zero attached hydrogens (tertiary/aromatic N) is 2. The van der Waals surface area contributed by atoms with Crippen LogP contribution < -0.4 is 10.6 Å². The molecule has 4 fully saturated rings. The molecule has 1 aliphatic carbocycles. The van der Waals surface area contributed by atoms with Gasteiger partial charge in [-0.25, -0.2) is 0 Å². The van der Waals surface area contributed by atoms with E-state index in [1.54, 1.807) is 29.2 Å². The Labute approximate surface area is 248 Å². The van der Waals surface area contributed by atoms with Crippen LogP contribution in [0.3, 0.4) is 0 Å². The van der Waals surface area contributed by atoms with Crippen LogP contribution >= 0.6 is 11.6 Å². The minimum atomic E-state index is -1.15. The molecular weight excluding hydrogens is 540 g/mol. The summed E-state index contributed by atoms with van der Waals surface area (Å²) in [6.07, 6.45) is 11.2. The highest BCUT2D eigenvalue weighted by Crippen LogP contribution is 2.55. The van der Waals surface area contributed by atoms with Crippen LogP contribution in [0.4, 0.5) is 5.69 Å². The van der Waals surface area contributed by atoms with E-state index in [9.17, 15) is 14.4 Å². The van der Waals surface area contributed by atoms with E-state index in [-0.39, 0.29) is 23.8 Å². The second-order valence-corrected chi connectivity index (χ2v) is 13.3. The van der Waals surface area contributed by atoms with Gasteiger partial charge in [0.25, 0.3) is 0 Å². The number of hydrogen-bond donors (Lipinski definition) is 2. The summed E-state index contributed by atoms with van der Waals surface area (Å²) in [4.78, 5) is 46.3. The van der Waals surface area contributed by atoms with Crippen LogP contribution in [0.25, 0.3) is 0 Å². The molecule has 0 radical (unpaired) electrons. The number of halogens is 1. The van der Waals surface area contributed by atoms with Crippen LogP contribution in [0.1, 0.15) is 58.8 Å². The third kappa shape index (κ3) is 5.32. The molecule has 2 N–H and O–H groups in total. The van der Waals surface area contributed by atoms with Gasteiger partial charge < -0.3 is 25.2 Å². The third-order valence-corrected chi connectivity index (χ3v) is 10.6. The number of anilines is 1. The van der Waals surface area contributed by atoms with Crippen molar-refractivity contribution in [1.29, 1.82) is 0 Å². The largest absolute Gasteiger partial charge is 0.359 e. The van der Waals surface area contributed by atoms with Crippen molar-refractivity contribution in [2.45, 2.75) is 82.6 Å². The molecule has 6 rings (SSSR count). The first-order valence-electron chi connectivity index (χ1n) is 15.6. The van der Waals surface area contributed by atoms with E-state index in [2.05, 4.69) is 29.4 Å². The van der Waals surface area contributed by atoms with Gasteiger partial charge in [0.05, 0.1) is 17.9 Å². The Morgan fingerprint density at radius 3 is 2.59 bits per heavy atom. The van der Waals surface area contributed by atoms with Crippen molar-refractivity contribution in [2.75, 3.05) is 31.5 Å². The number of nitrogens with one attached hydrogen (secondary N) is 2.